The van der Waals surface area contributed by atoms with Gasteiger partial charge in [0.05, 0.1) is 0 Å². The summed E-state index contributed by atoms with van der Waals surface area (Å²) in [5.41, 5.74) is 0. The Labute approximate surface area is 49.7 Å². The van der Waals surface area contributed by atoms with Crippen molar-refractivity contribution in [1.29, 1.82) is 0 Å². The molecule has 2 aliphatic carbocycles. The van der Waals surface area contributed by atoms with E-state index in [1.807, 2.05) is 6.42 Å². The molecule has 0 heterocycles. The van der Waals surface area contributed by atoms with Crippen molar-refractivity contribution in [3.63, 3.8) is 0 Å². The predicted octanol–water partition coefficient (Wildman–Crippen LogP) is 0.349. The van der Waals surface area contributed by atoms with Crippen molar-refractivity contribution in [1.82, 2.24) is 0 Å². The largest absolute Gasteiger partial charge is 0.875 e. The van der Waals surface area contributed by atoms with Crippen molar-refractivity contribution in [3.05, 3.63) is 6.42 Å². The lowest BCUT2D eigenvalue weighted by molar-refractivity contribution is -0.418. The molecule has 2 aliphatic rings. The summed E-state index contributed by atoms with van der Waals surface area (Å²) in [7, 11) is 0. The van der Waals surface area contributed by atoms with Gasteiger partial charge in [0, 0.05) is 0 Å². The monoisotopic (exact) mass is 110 g/mol. The molecule has 46 valence electrons. The highest BCUT2D eigenvalue weighted by atomic mass is 16.3. The minimum Gasteiger partial charge on any atom is -0.875 e. The fraction of sp³-hybridized carbons (Fsp3) is 0.857. The Morgan fingerprint density at radius 2 is 2.25 bits per heavy atom. The summed E-state index contributed by atoms with van der Waals surface area (Å²) >= 11 is 0. The second-order valence-electron chi connectivity index (χ2n) is 2.99. The smallest absolute Gasteiger partial charge is 0.0561 e. The van der Waals surface area contributed by atoms with E-state index in [2.05, 4.69) is 0 Å². The molecule has 1 heteroatoms. The molecule has 2 fully saturated rings. The van der Waals surface area contributed by atoms with Crippen LogP contribution in [0.25, 0.3) is 0 Å². The van der Waals surface area contributed by atoms with Crippen LogP contribution in [-0.4, -0.2) is 6.10 Å². The van der Waals surface area contributed by atoms with Gasteiger partial charge in [0.1, 0.15) is 0 Å². The van der Waals surface area contributed by atoms with Crippen LogP contribution in [-0.2, 0) is 0 Å². The second kappa shape index (κ2) is 1.47. The zero-order valence-corrected chi connectivity index (χ0v) is 4.84. The summed E-state index contributed by atoms with van der Waals surface area (Å²) in [5, 5.41) is 10.9. The van der Waals surface area contributed by atoms with Crippen molar-refractivity contribution in [3.8, 4) is 0 Å². The predicted molar refractivity (Wildman–Crippen MR) is 28.9 cm³/mol. The first-order chi connectivity index (χ1) is 3.86. The van der Waals surface area contributed by atoms with Gasteiger partial charge in [-0.2, -0.15) is 5.92 Å². The van der Waals surface area contributed by atoms with Crippen LogP contribution in [0.15, 0.2) is 0 Å². The molecule has 3 atom stereocenters. The molecule has 0 saturated heterocycles. The topological polar surface area (TPSA) is 23.1 Å². The highest BCUT2D eigenvalue weighted by Crippen LogP contribution is 2.42. The first-order valence-corrected chi connectivity index (χ1v) is 3.37. The Balaban J connectivity index is 2.11. The summed E-state index contributed by atoms with van der Waals surface area (Å²) in [5.74, 6) is 1.24. The SMILES string of the molecule is [O-][C@@H]1[CH-][C@@H]2CC[C@@H]1C2. The normalized spacial score (nSPS) is 52.9. The first kappa shape index (κ1) is 4.80. The number of fused-ring (bicyclic) bond motifs is 2. The van der Waals surface area contributed by atoms with Gasteiger partial charge >= 0.3 is 0 Å². The van der Waals surface area contributed by atoms with E-state index in [9.17, 15) is 5.11 Å². The van der Waals surface area contributed by atoms with Crippen LogP contribution in [0.5, 0.6) is 0 Å². The molecular formula is C7H10O-2. The van der Waals surface area contributed by atoms with Gasteiger partial charge in [0.25, 0.3) is 0 Å². The highest BCUT2D eigenvalue weighted by Gasteiger charge is 2.24. The maximum atomic E-state index is 10.9. The molecule has 0 radical (unpaired) electrons. The molecule has 8 heavy (non-hydrogen) atoms. The van der Waals surface area contributed by atoms with E-state index in [0.29, 0.717) is 11.8 Å². The van der Waals surface area contributed by atoms with Crippen LogP contribution in [0.1, 0.15) is 19.3 Å². The maximum absolute atomic E-state index is 10.9. The lowest BCUT2D eigenvalue weighted by Gasteiger charge is -2.36. The van der Waals surface area contributed by atoms with E-state index in [1.54, 1.807) is 0 Å². The summed E-state index contributed by atoms with van der Waals surface area (Å²) in [6, 6.07) is 0. The average molecular weight is 110 g/mol. The van der Waals surface area contributed by atoms with Gasteiger partial charge in [-0.1, -0.05) is 25.2 Å². The van der Waals surface area contributed by atoms with E-state index >= 15 is 0 Å². The van der Waals surface area contributed by atoms with E-state index < -0.39 is 0 Å². The third-order valence-electron chi connectivity index (χ3n) is 2.44. The van der Waals surface area contributed by atoms with Gasteiger partial charge in [-0.15, -0.1) is 0 Å². The summed E-state index contributed by atoms with van der Waals surface area (Å²) < 4.78 is 0. The van der Waals surface area contributed by atoms with Crippen LogP contribution in [0.4, 0.5) is 0 Å². The van der Waals surface area contributed by atoms with Crippen LogP contribution >= 0.6 is 0 Å². The highest BCUT2D eigenvalue weighted by molar-refractivity contribution is 5.01. The Bertz CT molecular complexity index is 98.6. The van der Waals surface area contributed by atoms with Crippen molar-refractivity contribution in [2.24, 2.45) is 11.8 Å². The Kier molecular flexibility index (Phi) is 0.884. The summed E-state index contributed by atoms with van der Waals surface area (Å²) in [6.07, 6.45) is 5.40. The van der Waals surface area contributed by atoms with E-state index in [1.165, 1.54) is 19.3 Å². The zero-order valence-electron chi connectivity index (χ0n) is 4.84. The van der Waals surface area contributed by atoms with Crippen molar-refractivity contribution >= 4 is 0 Å². The molecule has 0 aromatic carbocycles. The molecule has 0 N–H and O–H groups in total. The Hall–Kier alpha value is -0.0400. The molecule has 2 rings (SSSR count). The molecule has 0 spiro atoms. The molecule has 0 aliphatic heterocycles. The van der Waals surface area contributed by atoms with E-state index in [-0.39, 0.29) is 6.10 Å². The van der Waals surface area contributed by atoms with Crippen molar-refractivity contribution in [2.45, 2.75) is 25.4 Å². The number of rotatable bonds is 0. The minimum absolute atomic E-state index is 0.297. The lowest BCUT2D eigenvalue weighted by Crippen LogP contribution is -2.30. The third kappa shape index (κ3) is 0.510. The van der Waals surface area contributed by atoms with Crippen LogP contribution in [0.2, 0.25) is 0 Å². The molecular weight excluding hydrogens is 100 g/mol. The average Bonchev–Trinajstić information content (AvgIpc) is 2.23. The van der Waals surface area contributed by atoms with Crippen molar-refractivity contribution < 1.29 is 5.11 Å². The van der Waals surface area contributed by atoms with Gasteiger partial charge in [-0.3, -0.25) is 6.10 Å². The minimum atomic E-state index is -0.297. The molecule has 2 saturated carbocycles. The van der Waals surface area contributed by atoms with Crippen LogP contribution in [0.3, 0.4) is 0 Å². The molecule has 1 nitrogen and oxygen atoms in total. The fourth-order valence-corrected chi connectivity index (χ4v) is 1.95. The van der Waals surface area contributed by atoms with Crippen LogP contribution in [0, 0.1) is 18.3 Å². The Morgan fingerprint density at radius 3 is 2.50 bits per heavy atom. The van der Waals surface area contributed by atoms with Crippen LogP contribution < -0.4 is 5.11 Å². The molecule has 0 amide bonds. The molecule has 0 aromatic heterocycles. The quantitative estimate of drug-likeness (QED) is 0.413. The third-order valence-corrected chi connectivity index (χ3v) is 2.44. The number of hydrogen-bond acceptors (Lipinski definition) is 1. The van der Waals surface area contributed by atoms with Gasteiger partial charge in [-0.25, -0.2) is 0 Å². The summed E-state index contributed by atoms with van der Waals surface area (Å²) in [4.78, 5) is 0. The van der Waals surface area contributed by atoms with Gasteiger partial charge in [0.2, 0.25) is 0 Å². The lowest BCUT2D eigenvalue weighted by atomic mass is 9.98. The zero-order chi connectivity index (χ0) is 5.56. The van der Waals surface area contributed by atoms with Gasteiger partial charge < -0.3 is 11.5 Å². The van der Waals surface area contributed by atoms with Crippen molar-refractivity contribution in [2.75, 3.05) is 0 Å². The summed E-state index contributed by atoms with van der Waals surface area (Å²) in [6.45, 7) is 0. The van der Waals surface area contributed by atoms with Gasteiger partial charge in [-0.05, 0) is 0 Å². The van der Waals surface area contributed by atoms with E-state index in [0.717, 1.165) is 0 Å². The Morgan fingerprint density at radius 1 is 1.38 bits per heavy atom. The molecule has 0 aromatic rings. The van der Waals surface area contributed by atoms with Gasteiger partial charge in [0.15, 0.2) is 0 Å². The molecule has 2 bridgehead atoms. The standard InChI is InChI=1S/C7H10O/c8-7-4-5-1-2-6(7)3-5/h4-7H,1-3H2/q-2/t5-,6-,7-/m1/s1. The maximum Gasteiger partial charge on any atom is -0.0561 e. The first-order valence-electron chi connectivity index (χ1n) is 3.37. The second-order valence-corrected chi connectivity index (χ2v) is 2.99. The fourth-order valence-electron chi connectivity index (χ4n) is 1.95. The van der Waals surface area contributed by atoms with E-state index in [4.69, 9.17) is 0 Å². The molecule has 0 unspecified atom stereocenters. The number of hydrogen-bond donors (Lipinski definition) is 0.